The molecule has 2 aromatic carbocycles. The van der Waals surface area contributed by atoms with Gasteiger partial charge in [0.25, 0.3) is 0 Å². The number of aryl methyl sites for hydroxylation is 1. The van der Waals surface area contributed by atoms with Crippen molar-refractivity contribution in [1.29, 1.82) is 0 Å². The zero-order chi connectivity index (χ0) is 50.0. The third-order valence-corrected chi connectivity index (χ3v) is 16.5. The van der Waals surface area contributed by atoms with Crippen molar-refractivity contribution in [3.63, 3.8) is 0 Å². The lowest BCUT2D eigenvalue weighted by atomic mass is 9.86. The van der Waals surface area contributed by atoms with E-state index >= 15 is 0 Å². The molecule has 0 bridgehead atoms. The van der Waals surface area contributed by atoms with Crippen LogP contribution in [0.4, 0.5) is 9.59 Å². The van der Waals surface area contributed by atoms with Gasteiger partial charge < -0.3 is 44.6 Å². The van der Waals surface area contributed by atoms with E-state index in [-0.39, 0.29) is 47.7 Å². The van der Waals surface area contributed by atoms with Crippen LogP contribution in [-0.4, -0.2) is 102 Å². The predicted octanol–water partition coefficient (Wildman–Crippen LogP) is 9.78. The van der Waals surface area contributed by atoms with Crippen LogP contribution >= 0.6 is 11.3 Å². The van der Waals surface area contributed by atoms with Gasteiger partial charge in [-0.05, 0) is 99.6 Å². The lowest BCUT2D eigenvalue weighted by Gasteiger charge is -2.33. The summed E-state index contributed by atoms with van der Waals surface area (Å²) in [6.07, 6.45) is 9.73. The van der Waals surface area contributed by atoms with Crippen molar-refractivity contribution in [2.75, 3.05) is 20.8 Å². The molecule has 6 aromatic rings. The first-order valence-corrected chi connectivity index (χ1v) is 25.8. The van der Waals surface area contributed by atoms with Crippen molar-refractivity contribution in [3.8, 4) is 39.5 Å². The van der Waals surface area contributed by atoms with Gasteiger partial charge in [-0.15, -0.1) is 11.3 Å². The number of alkyl carbamates (subject to hydrolysis) is 2. The Hall–Kier alpha value is -6.69. The number of aromatic nitrogens is 6. The number of amides is 4. The Morgan fingerprint density at radius 1 is 0.789 bits per heavy atom. The molecule has 17 nitrogen and oxygen atoms in total. The van der Waals surface area contributed by atoms with Gasteiger partial charge in [-0.1, -0.05) is 47.1 Å². The van der Waals surface area contributed by atoms with Crippen molar-refractivity contribution in [3.05, 3.63) is 82.1 Å². The van der Waals surface area contributed by atoms with E-state index in [4.69, 9.17) is 29.2 Å². The van der Waals surface area contributed by atoms with E-state index in [0.29, 0.717) is 24.1 Å². The molecule has 4 N–H and O–H groups in total. The molecule has 1 unspecified atom stereocenters. The monoisotopic (exact) mass is 984 g/mol. The normalized spacial score (nSPS) is 21.7. The molecule has 1 aliphatic carbocycles. The summed E-state index contributed by atoms with van der Waals surface area (Å²) in [5.41, 5.74) is 7.59. The summed E-state index contributed by atoms with van der Waals surface area (Å²) in [7, 11) is 2.60. The summed E-state index contributed by atoms with van der Waals surface area (Å²) in [6, 6.07) is 10.8. The molecule has 0 radical (unpaired) electrons. The molecular formula is C53H64N10O7S. The SMILES string of the molecule is COC(=O)N[C@H](C(=O)N1CCC[C@H]1c1ncc(-c2cc(C)c3c(c2)OC(c2cnc(C4CCC4)s2)n2c-3cc3cc(-c4cnc([C@@H]5C[C@@H](C)[C@@H](C)N5C(=O)[C@@H](NC(=O)OC)C(C)C)[nH]4)ccc32)[nH]1)C(C)C. The van der Waals surface area contributed by atoms with Gasteiger partial charge in [0.2, 0.25) is 18.0 Å². The van der Waals surface area contributed by atoms with E-state index in [1.807, 2.05) is 56.1 Å². The lowest BCUT2D eigenvalue weighted by molar-refractivity contribution is -0.137. The maximum atomic E-state index is 14.2. The van der Waals surface area contributed by atoms with E-state index < -0.39 is 30.5 Å². The molecular weight excluding hydrogens is 921 g/mol. The van der Waals surface area contributed by atoms with Gasteiger partial charge in [0.1, 0.15) is 29.5 Å². The second kappa shape index (κ2) is 19.1. The summed E-state index contributed by atoms with van der Waals surface area (Å²) in [5.74, 6) is 2.25. The second-order valence-corrected chi connectivity index (χ2v) is 21.6. The molecule has 0 spiro atoms. The number of aromatic amines is 2. The number of likely N-dealkylation sites (tertiary alicyclic amines) is 2. The Kier molecular flexibility index (Phi) is 12.9. The van der Waals surface area contributed by atoms with Crippen molar-refractivity contribution in [1.82, 2.24) is 49.9 Å². The number of nitrogens with one attached hydrogen (secondary N) is 4. The summed E-state index contributed by atoms with van der Waals surface area (Å²) >= 11 is 1.73. The number of ether oxygens (including phenoxy) is 3. The molecule has 18 heteroatoms. The molecule has 10 rings (SSSR count). The third-order valence-electron chi connectivity index (χ3n) is 15.3. The molecule has 7 atom stereocenters. The fourth-order valence-electron chi connectivity index (χ4n) is 11.0. The van der Waals surface area contributed by atoms with Gasteiger partial charge in [-0.3, -0.25) is 14.2 Å². The van der Waals surface area contributed by atoms with E-state index in [2.05, 4.69) is 82.3 Å². The Labute approximate surface area is 417 Å². The fraction of sp³-hybridized carbons (Fsp3) is 0.491. The predicted molar refractivity (Wildman–Crippen MR) is 270 cm³/mol. The number of fused-ring (bicyclic) bond motifs is 5. The number of H-pyrrole nitrogens is 2. The minimum Gasteiger partial charge on any atom is -0.464 e. The molecule has 4 aromatic heterocycles. The minimum absolute atomic E-state index is 0.0642. The van der Waals surface area contributed by atoms with Crippen LogP contribution in [0.5, 0.6) is 5.75 Å². The van der Waals surface area contributed by atoms with E-state index in [9.17, 15) is 19.2 Å². The van der Waals surface area contributed by atoms with E-state index in [1.165, 1.54) is 20.6 Å². The average molecular weight is 985 g/mol. The van der Waals surface area contributed by atoms with Gasteiger partial charge in [-0.25, -0.2) is 24.5 Å². The molecule has 2 saturated heterocycles. The quantitative estimate of drug-likeness (QED) is 0.0915. The van der Waals surface area contributed by atoms with E-state index in [1.54, 1.807) is 11.3 Å². The standard InChI is InChI=1S/C53H64N10O7S/c1-26(2)44(59-52(66)68-8)49(64)61-17-11-14-38(61)46-54-24-36(58-46)33-18-29(6)43-39-21-34-20-32(15-16-37(34)63(39)51(70-41(43)22-33)42-25-56-48(71-42)31-12-10-13-31)35-23-55-47(57-35)40-19-28(5)30(7)62(40)50(65)45(27(3)4)60-53(67)69-9/h15-16,18,20-28,30-31,38,40,44-45,51H,10-14,17,19H2,1-9H3,(H,54,58)(H,55,57)(H,59,66)(H,60,67)/t28-,30-,38+,40+,44+,45+,51?/m1/s1. The van der Waals surface area contributed by atoms with Crippen molar-refractivity contribution < 1.29 is 33.4 Å². The minimum atomic E-state index is -0.744. The Morgan fingerprint density at radius 2 is 1.45 bits per heavy atom. The largest absolute Gasteiger partial charge is 0.464 e. The molecule has 374 valence electrons. The molecule has 71 heavy (non-hydrogen) atoms. The zero-order valence-corrected chi connectivity index (χ0v) is 42.7. The Bertz CT molecular complexity index is 3000. The summed E-state index contributed by atoms with van der Waals surface area (Å²) in [5, 5.41) is 7.68. The number of hydrogen-bond donors (Lipinski definition) is 4. The number of hydrogen-bond acceptors (Lipinski definition) is 11. The Morgan fingerprint density at radius 3 is 2.10 bits per heavy atom. The molecule has 4 aliphatic rings. The average Bonchev–Trinajstić information content (AvgIpc) is 4.20. The first-order chi connectivity index (χ1) is 34.1. The molecule has 3 fully saturated rings. The van der Waals surface area contributed by atoms with Gasteiger partial charge in [0.15, 0.2) is 0 Å². The summed E-state index contributed by atoms with van der Waals surface area (Å²) in [6.45, 7) is 14.5. The highest BCUT2D eigenvalue weighted by molar-refractivity contribution is 7.11. The second-order valence-electron chi connectivity index (χ2n) is 20.5. The first kappa shape index (κ1) is 48.0. The summed E-state index contributed by atoms with van der Waals surface area (Å²) in [4.78, 5) is 79.1. The van der Waals surface area contributed by atoms with Crippen LogP contribution in [-0.2, 0) is 19.1 Å². The number of methoxy groups -OCH3 is 2. The summed E-state index contributed by atoms with van der Waals surface area (Å²) < 4.78 is 19.1. The van der Waals surface area contributed by atoms with Crippen molar-refractivity contribution in [2.24, 2.45) is 17.8 Å². The number of thiazole rings is 1. The Balaban J connectivity index is 0.977. The first-order valence-electron chi connectivity index (χ1n) is 25.0. The zero-order valence-electron chi connectivity index (χ0n) is 41.9. The van der Waals surface area contributed by atoms with Crippen LogP contribution in [0.1, 0.15) is 131 Å². The van der Waals surface area contributed by atoms with Crippen LogP contribution in [0, 0.1) is 24.7 Å². The van der Waals surface area contributed by atoms with Crippen LogP contribution in [0.25, 0.3) is 44.7 Å². The van der Waals surface area contributed by atoms with Crippen molar-refractivity contribution >= 4 is 46.2 Å². The number of carbonyl (C=O) groups excluding carboxylic acids is 4. The number of benzene rings is 2. The number of carbonyl (C=O) groups is 4. The molecule has 3 aliphatic heterocycles. The smallest absolute Gasteiger partial charge is 0.407 e. The number of rotatable bonds is 12. The van der Waals surface area contributed by atoms with Crippen molar-refractivity contribution in [2.45, 2.75) is 129 Å². The van der Waals surface area contributed by atoms with Gasteiger partial charge >= 0.3 is 12.2 Å². The highest BCUT2D eigenvalue weighted by Crippen LogP contribution is 2.50. The maximum absolute atomic E-state index is 14.2. The van der Waals surface area contributed by atoms with Gasteiger partial charge in [0, 0.05) is 46.8 Å². The lowest BCUT2D eigenvalue weighted by Crippen LogP contribution is -2.53. The van der Waals surface area contributed by atoms with Gasteiger partial charge in [-0.2, -0.15) is 0 Å². The molecule has 7 heterocycles. The fourth-order valence-corrected chi connectivity index (χ4v) is 12.1. The number of imidazole rings is 2. The number of nitrogens with zero attached hydrogens (tertiary/aromatic N) is 6. The third kappa shape index (κ3) is 8.71. The highest BCUT2D eigenvalue weighted by atomic mass is 32.1. The highest BCUT2D eigenvalue weighted by Gasteiger charge is 2.45. The van der Waals surface area contributed by atoms with E-state index in [0.717, 1.165) is 98.0 Å². The van der Waals surface area contributed by atoms with Gasteiger partial charge in [0.05, 0.1) is 71.2 Å². The van der Waals surface area contributed by atoms with Crippen LogP contribution < -0.4 is 15.4 Å². The van der Waals surface area contributed by atoms with Crippen LogP contribution in [0.15, 0.2) is 55.0 Å². The molecule has 4 amide bonds. The molecule has 1 saturated carbocycles. The maximum Gasteiger partial charge on any atom is 0.407 e. The topological polar surface area (TPSA) is 202 Å². The van der Waals surface area contributed by atoms with Crippen LogP contribution in [0.2, 0.25) is 0 Å². The van der Waals surface area contributed by atoms with Crippen LogP contribution in [0.3, 0.4) is 0 Å².